The third-order valence-corrected chi connectivity index (χ3v) is 3.87. The van der Waals surface area contributed by atoms with Gasteiger partial charge in [-0.15, -0.1) is 11.6 Å². The standard InChI is InChI=1S/C13H15Cl2NO2/c1-9-3-2-4-11(12(9)15)13(17)16-5-6-18-10(7-14)8-16/h2-4,10H,5-8H2,1H3. The van der Waals surface area contributed by atoms with Crippen molar-refractivity contribution < 1.29 is 9.53 Å². The van der Waals surface area contributed by atoms with Crippen LogP contribution < -0.4 is 0 Å². The Balaban J connectivity index is 2.18. The van der Waals surface area contributed by atoms with Crippen LogP contribution in [0.15, 0.2) is 18.2 Å². The van der Waals surface area contributed by atoms with E-state index in [4.69, 9.17) is 27.9 Å². The van der Waals surface area contributed by atoms with Gasteiger partial charge in [-0.25, -0.2) is 0 Å². The van der Waals surface area contributed by atoms with Crippen LogP contribution in [0.2, 0.25) is 5.02 Å². The lowest BCUT2D eigenvalue weighted by Gasteiger charge is -2.32. The van der Waals surface area contributed by atoms with Crippen LogP contribution in [0.25, 0.3) is 0 Å². The fourth-order valence-corrected chi connectivity index (χ4v) is 2.37. The van der Waals surface area contributed by atoms with Crippen molar-refractivity contribution in [2.24, 2.45) is 0 Å². The molecule has 1 aliphatic heterocycles. The van der Waals surface area contributed by atoms with Crippen molar-refractivity contribution in [1.82, 2.24) is 4.90 Å². The number of carbonyl (C=O) groups excluding carboxylic acids is 1. The molecule has 2 rings (SSSR count). The fourth-order valence-electron chi connectivity index (χ4n) is 1.98. The maximum absolute atomic E-state index is 12.4. The molecule has 1 aliphatic rings. The van der Waals surface area contributed by atoms with Crippen molar-refractivity contribution in [3.8, 4) is 0 Å². The Bertz CT molecular complexity index is 451. The van der Waals surface area contributed by atoms with E-state index in [0.29, 0.717) is 36.2 Å². The maximum atomic E-state index is 12.4. The number of aryl methyl sites for hydroxylation is 1. The molecule has 1 amide bonds. The van der Waals surface area contributed by atoms with Gasteiger partial charge >= 0.3 is 0 Å². The first-order valence-corrected chi connectivity index (χ1v) is 6.76. The number of carbonyl (C=O) groups is 1. The van der Waals surface area contributed by atoms with Crippen LogP contribution >= 0.6 is 23.2 Å². The van der Waals surface area contributed by atoms with Crippen molar-refractivity contribution in [3.05, 3.63) is 34.3 Å². The maximum Gasteiger partial charge on any atom is 0.255 e. The van der Waals surface area contributed by atoms with Crippen LogP contribution in [0.4, 0.5) is 0 Å². The number of nitrogens with zero attached hydrogens (tertiary/aromatic N) is 1. The average molecular weight is 288 g/mol. The first kappa shape index (κ1) is 13.7. The van der Waals surface area contributed by atoms with E-state index < -0.39 is 0 Å². The Hall–Kier alpha value is -0.770. The molecule has 3 nitrogen and oxygen atoms in total. The van der Waals surface area contributed by atoms with E-state index in [9.17, 15) is 4.79 Å². The van der Waals surface area contributed by atoms with E-state index in [1.54, 1.807) is 11.0 Å². The SMILES string of the molecule is Cc1cccc(C(=O)N2CCOC(CCl)C2)c1Cl. The summed E-state index contributed by atoms with van der Waals surface area (Å²) in [5, 5.41) is 0.524. The summed E-state index contributed by atoms with van der Waals surface area (Å²) < 4.78 is 5.44. The van der Waals surface area contributed by atoms with Gasteiger partial charge in [0.2, 0.25) is 0 Å². The van der Waals surface area contributed by atoms with Crippen LogP contribution in [0.1, 0.15) is 15.9 Å². The van der Waals surface area contributed by atoms with Crippen LogP contribution in [0, 0.1) is 6.92 Å². The van der Waals surface area contributed by atoms with E-state index in [-0.39, 0.29) is 12.0 Å². The zero-order valence-corrected chi connectivity index (χ0v) is 11.7. The van der Waals surface area contributed by atoms with Crippen molar-refractivity contribution in [2.45, 2.75) is 13.0 Å². The highest BCUT2D eigenvalue weighted by molar-refractivity contribution is 6.34. The molecule has 98 valence electrons. The van der Waals surface area contributed by atoms with Crippen LogP contribution in [-0.4, -0.2) is 42.5 Å². The van der Waals surface area contributed by atoms with Gasteiger partial charge in [0.1, 0.15) is 0 Å². The largest absolute Gasteiger partial charge is 0.373 e. The number of morpholine rings is 1. The quantitative estimate of drug-likeness (QED) is 0.783. The summed E-state index contributed by atoms with van der Waals surface area (Å²) in [4.78, 5) is 14.1. The van der Waals surface area contributed by atoms with Gasteiger partial charge < -0.3 is 9.64 Å². The average Bonchev–Trinajstić information content (AvgIpc) is 2.41. The summed E-state index contributed by atoms with van der Waals surface area (Å²) >= 11 is 11.9. The van der Waals surface area contributed by atoms with Gasteiger partial charge in [-0.05, 0) is 18.6 Å². The summed E-state index contributed by atoms with van der Waals surface area (Å²) in [6.07, 6.45) is -0.0899. The first-order chi connectivity index (χ1) is 8.63. The Morgan fingerprint density at radius 2 is 2.33 bits per heavy atom. The Morgan fingerprint density at radius 1 is 1.56 bits per heavy atom. The summed E-state index contributed by atoms with van der Waals surface area (Å²) in [6, 6.07) is 5.48. The highest BCUT2D eigenvalue weighted by atomic mass is 35.5. The molecular weight excluding hydrogens is 273 g/mol. The van der Waals surface area contributed by atoms with Gasteiger partial charge in [0.05, 0.1) is 29.2 Å². The molecule has 1 aromatic rings. The fraction of sp³-hybridized carbons (Fsp3) is 0.462. The summed E-state index contributed by atoms with van der Waals surface area (Å²) in [7, 11) is 0. The molecule has 0 saturated carbocycles. The lowest BCUT2D eigenvalue weighted by molar-refractivity contribution is -0.0108. The molecular formula is C13H15Cl2NO2. The molecule has 0 aromatic heterocycles. The van der Waals surface area contributed by atoms with Crippen LogP contribution in [-0.2, 0) is 4.74 Å². The molecule has 18 heavy (non-hydrogen) atoms. The predicted molar refractivity (Wildman–Crippen MR) is 72.6 cm³/mol. The highest BCUT2D eigenvalue weighted by Gasteiger charge is 2.25. The number of halogens is 2. The van der Waals surface area contributed by atoms with Gasteiger partial charge in [-0.1, -0.05) is 23.7 Å². The van der Waals surface area contributed by atoms with Crippen LogP contribution in [0.3, 0.4) is 0 Å². The molecule has 0 aliphatic carbocycles. The lowest BCUT2D eigenvalue weighted by Crippen LogP contribution is -2.46. The van der Waals surface area contributed by atoms with E-state index in [1.807, 2.05) is 19.1 Å². The first-order valence-electron chi connectivity index (χ1n) is 5.85. The molecule has 1 aromatic carbocycles. The highest BCUT2D eigenvalue weighted by Crippen LogP contribution is 2.22. The monoisotopic (exact) mass is 287 g/mol. The van der Waals surface area contributed by atoms with Gasteiger partial charge in [0.25, 0.3) is 5.91 Å². The predicted octanol–water partition coefficient (Wildman–Crippen LogP) is 2.73. The summed E-state index contributed by atoms with van der Waals surface area (Å²) in [5.41, 5.74) is 1.46. The van der Waals surface area contributed by atoms with Crippen molar-refractivity contribution in [1.29, 1.82) is 0 Å². The summed E-state index contributed by atoms with van der Waals surface area (Å²) in [5.74, 6) is 0.341. The minimum atomic E-state index is -0.0899. The number of benzene rings is 1. The van der Waals surface area contributed by atoms with E-state index in [0.717, 1.165) is 5.56 Å². The minimum absolute atomic E-state index is 0.0536. The van der Waals surface area contributed by atoms with E-state index in [2.05, 4.69) is 0 Å². The second-order valence-corrected chi connectivity index (χ2v) is 5.02. The van der Waals surface area contributed by atoms with E-state index in [1.165, 1.54) is 0 Å². The number of ether oxygens (including phenoxy) is 1. The molecule has 1 saturated heterocycles. The van der Waals surface area contributed by atoms with Gasteiger partial charge in [-0.3, -0.25) is 4.79 Å². The zero-order valence-electron chi connectivity index (χ0n) is 10.2. The van der Waals surface area contributed by atoms with Gasteiger partial charge in [0.15, 0.2) is 0 Å². The lowest BCUT2D eigenvalue weighted by atomic mass is 10.1. The van der Waals surface area contributed by atoms with Crippen LogP contribution in [0.5, 0.6) is 0 Å². The molecule has 0 radical (unpaired) electrons. The minimum Gasteiger partial charge on any atom is -0.373 e. The molecule has 1 fully saturated rings. The smallest absolute Gasteiger partial charge is 0.255 e. The number of rotatable bonds is 2. The Morgan fingerprint density at radius 3 is 3.06 bits per heavy atom. The molecule has 0 N–H and O–H groups in total. The normalized spacial score (nSPS) is 19.9. The molecule has 0 spiro atoms. The Kier molecular flexibility index (Phi) is 4.49. The third kappa shape index (κ3) is 2.79. The molecule has 0 bridgehead atoms. The zero-order chi connectivity index (χ0) is 13.1. The second kappa shape index (κ2) is 5.91. The van der Waals surface area contributed by atoms with Crippen molar-refractivity contribution >= 4 is 29.1 Å². The second-order valence-electron chi connectivity index (χ2n) is 4.33. The molecule has 1 atom stereocenters. The third-order valence-electron chi connectivity index (χ3n) is 3.02. The van der Waals surface area contributed by atoms with Gasteiger partial charge in [0, 0.05) is 13.1 Å². The topological polar surface area (TPSA) is 29.5 Å². The van der Waals surface area contributed by atoms with Crippen molar-refractivity contribution in [2.75, 3.05) is 25.6 Å². The molecule has 1 unspecified atom stereocenters. The number of amides is 1. The van der Waals surface area contributed by atoms with E-state index >= 15 is 0 Å². The number of alkyl halides is 1. The molecule has 5 heteroatoms. The molecule has 1 heterocycles. The van der Waals surface area contributed by atoms with Gasteiger partial charge in [-0.2, -0.15) is 0 Å². The van der Waals surface area contributed by atoms with Crippen molar-refractivity contribution in [3.63, 3.8) is 0 Å². The number of hydrogen-bond donors (Lipinski definition) is 0. The number of hydrogen-bond acceptors (Lipinski definition) is 2. The Labute approximate surface area is 117 Å². The summed E-state index contributed by atoms with van der Waals surface area (Å²) in [6.45, 7) is 3.51.